The van der Waals surface area contributed by atoms with Gasteiger partial charge in [0.15, 0.2) is 0 Å². The normalized spacial score (nSPS) is 30.2. The molecule has 3 aliphatic rings. The predicted octanol–water partition coefficient (Wildman–Crippen LogP) is 4.87. The highest BCUT2D eigenvalue weighted by molar-refractivity contribution is 5.79. The van der Waals surface area contributed by atoms with Crippen LogP contribution < -0.4 is 0 Å². The number of nitrogens with zero attached hydrogens (tertiary/aromatic N) is 1. The summed E-state index contributed by atoms with van der Waals surface area (Å²) in [6.45, 7) is 1.34. The lowest BCUT2D eigenvalue weighted by atomic mass is 9.72. The van der Waals surface area contributed by atoms with Crippen LogP contribution in [0.15, 0.2) is 0 Å². The van der Waals surface area contributed by atoms with E-state index in [4.69, 9.17) is 0 Å². The van der Waals surface area contributed by atoms with Crippen molar-refractivity contribution >= 4 is 11.9 Å². The zero-order valence-electron chi connectivity index (χ0n) is 16.3. The average Bonchev–Trinajstić information content (AvgIpc) is 2.89. The highest BCUT2D eigenvalue weighted by Crippen LogP contribution is 2.38. The minimum atomic E-state index is -0.640. The van der Waals surface area contributed by atoms with Crippen LogP contribution in [0.3, 0.4) is 0 Å². The summed E-state index contributed by atoms with van der Waals surface area (Å²) in [7, 11) is 0. The van der Waals surface area contributed by atoms with Crippen molar-refractivity contribution < 1.29 is 14.7 Å². The van der Waals surface area contributed by atoms with Gasteiger partial charge in [0.2, 0.25) is 5.91 Å². The number of hydrogen-bond donors (Lipinski definition) is 1. The zero-order valence-corrected chi connectivity index (χ0v) is 16.3. The van der Waals surface area contributed by atoms with Gasteiger partial charge in [0, 0.05) is 19.0 Å². The van der Waals surface area contributed by atoms with Gasteiger partial charge in [-0.2, -0.15) is 0 Å². The molecule has 0 aromatic heterocycles. The number of hydrogen-bond acceptors (Lipinski definition) is 2. The Balaban J connectivity index is 1.67. The average molecular weight is 364 g/mol. The van der Waals surface area contributed by atoms with Crippen molar-refractivity contribution in [2.24, 2.45) is 23.7 Å². The van der Waals surface area contributed by atoms with Crippen LogP contribution >= 0.6 is 0 Å². The molecule has 1 aliphatic heterocycles. The van der Waals surface area contributed by atoms with E-state index < -0.39 is 5.97 Å². The minimum absolute atomic E-state index is 0.161. The second kappa shape index (κ2) is 9.75. The summed E-state index contributed by atoms with van der Waals surface area (Å²) in [4.78, 5) is 27.0. The number of aliphatic carboxylic acids is 1. The van der Waals surface area contributed by atoms with E-state index in [1.54, 1.807) is 0 Å². The molecule has 2 saturated carbocycles. The number of rotatable bonds is 3. The largest absolute Gasteiger partial charge is 0.481 e. The highest BCUT2D eigenvalue weighted by atomic mass is 16.4. The summed E-state index contributed by atoms with van der Waals surface area (Å²) >= 11 is 0. The van der Waals surface area contributed by atoms with Gasteiger partial charge in [-0.05, 0) is 31.1 Å². The Morgan fingerprint density at radius 1 is 0.731 bits per heavy atom. The molecule has 26 heavy (non-hydrogen) atoms. The molecule has 0 aromatic rings. The van der Waals surface area contributed by atoms with Gasteiger partial charge in [0.05, 0.1) is 5.92 Å². The molecule has 2 aliphatic carbocycles. The Morgan fingerprint density at radius 2 is 1.27 bits per heavy atom. The van der Waals surface area contributed by atoms with Crippen molar-refractivity contribution in [3.05, 3.63) is 0 Å². The maximum atomic E-state index is 13.1. The van der Waals surface area contributed by atoms with Gasteiger partial charge in [-0.1, -0.05) is 70.6 Å². The lowest BCUT2D eigenvalue weighted by molar-refractivity contribution is -0.151. The third kappa shape index (κ3) is 5.01. The van der Waals surface area contributed by atoms with Crippen LogP contribution in [0.1, 0.15) is 89.9 Å². The van der Waals surface area contributed by atoms with Crippen molar-refractivity contribution in [2.75, 3.05) is 13.1 Å². The number of carboxylic acids is 1. The fraction of sp³-hybridized carbons (Fsp3) is 0.909. The van der Waals surface area contributed by atoms with Gasteiger partial charge in [-0.25, -0.2) is 0 Å². The first-order valence-corrected chi connectivity index (χ1v) is 11.2. The van der Waals surface area contributed by atoms with Crippen LogP contribution in [-0.2, 0) is 9.59 Å². The molecule has 3 rings (SSSR count). The molecule has 2 atom stereocenters. The van der Waals surface area contributed by atoms with E-state index >= 15 is 0 Å². The standard InChI is InChI=1S/C22H37NO3/c24-21(18-12-8-4-5-9-13-18)23-15-14-19(22(25)26)20(16-23)17-10-6-2-1-3-7-11-17/h17-20H,1-16H2,(H,25,26). The van der Waals surface area contributed by atoms with E-state index in [1.165, 1.54) is 57.8 Å². The third-order valence-corrected chi connectivity index (χ3v) is 7.25. The van der Waals surface area contributed by atoms with Crippen molar-refractivity contribution in [3.8, 4) is 0 Å². The van der Waals surface area contributed by atoms with Gasteiger partial charge < -0.3 is 10.0 Å². The molecule has 1 heterocycles. The van der Waals surface area contributed by atoms with Crippen molar-refractivity contribution in [1.82, 2.24) is 4.90 Å². The molecule has 0 radical (unpaired) electrons. The number of amides is 1. The Kier molecular flexibility index (Phi) is 7.39. The van der Waals surface area contributed by atoms with E-state index in [2.05, 4.69) is 4.90 Å². The van der Waals surface area contributed by atoms with E-state index in [-0.39, 0.29) is 17.8 Å². The summed E-state index contributed by atoms with van der Waals surface area (Å²) < 4.78 is 0. The second-order valence-electron chi connectivity index (χ2n) is 8.98. The summed E-state index contributed by atoms with van der Waals surface area (Å²) in [6.07, 6.45) is 16.2. The Hall–Kier alpha value is -1.06. The summed E-state index contributed by atoms with van der Waals surface area (Å²) in [6, 6.07) is 0. The van der Waals surface area contributed by atoms with Gasteiger partial charge in [-0.15, -0.1) is 0 Å². The first-order chi connectivity index (χ1) is 12.7. The molecule has 2 unspecified atom stereocenters. The SMILES string of the molecule is O=C(O)C1CCN(C(=O)C2CCCCCC2)CC1C1CCCCCCC1. The molecule has 148 valence electrons. The second-order valence-corrected chi connectivity index (χ2v) is 8.98. The monoisotopic (exact) mass is 363 g/mol. The van der Waals surface area contributed by atoms with Crippen LogP contribution in [0.5, 0.6) is 0 Å². The number of carbonyl (C=O) groups excluding carboxylic acids is 1. The van der Waals surface area contributed by atoms with Crippen LogP contribution in [0.4, 0.5) is 0 Å². The number of piperidine rings is 1. The molecule has 0 bridgehead atoms. The maximum Gasteiger partial charge on any atom is 0.306 e. The maximum absolute atomic E-state index is 13.1. The molecule has 1 amide bonds. The Labute approximate surface area is 158 Å². The summed E-state index contributed by atoms with van der Waals surface area (Å²) in [5, 5.41) is 9.77. The summed E-state index contributed by atoms with van der Waals surface area (Å²) in [5.74, 6) is 0.273. The van der Waals surface area contributed by atoms with Crippen molar-refractivity contribution in [3.63, 3.8) is 0 Å². The first kappa shape index (κ1) is 19.7. The smallest absolute Gasteiger partial charge is 0.306 e. The topological polar surface area (TPSA) is 57.6 Å². The molecular formula is C22H37NO3. The van der Waals surface area contributed by atoms with E-state index in [9.17, 15) is 14.7 Å². The lowest BCUT2D eigenvalue weighted by Crippen LogP contribution is -2.50. The van der Waals surface area contributed by atoms with Gasteiger partial charge >= 0.3 is 5.97 Å². The molecule has 4 nitrogen and oxygen atoms in total. The van der Waals surface area contributed by atoms with E-state index in [1.807, 2.05) is 0 Å². The molecule has 0 aromatic carbocycles. The Morgan fingerprint density at radius 3 is 1.85 bits per heavy atom. The third-order valence-electron chi connectivity index (χ3n) is 7.25. The molecular weight excluding hydrogens is 326 g/mol. The Bertz CT molecular complexity index is 462. The van der Waals surface area contributed by atoms with Crippen molar-refractivity contribution in [1.29, 1.82) is 0 Å². The van der Waals surface area contributed by atoms with Gasteiger partial charge in [0.25, 0.3) is 0 Å². The molecule has 4 heteroatoms. The number of likely N-dealkylation sites (tertiary alicyclic amines) is 1. The number of carbonyl (C=O) groups is 2. The quantitative estimate of drug-likeness (QED) is 0.728. The van der Waals surface area contributed by atoms with E-state index in [0.29, 0.717) is 31.3 Å². The predicted molar refractivity (Wildman–Crippen MR) is 103 cm³/mol. The molecule has 0 spiro atoms. The van der Waals surface area contributed by atoms with Crippen molar-refractivity contribution in [2.45, 2.75) is 89.9 Å². The molecule has 1 saturated heterocycles. The molecule has 1 N–H and O–H groups in total. The summed E-state index contributed by atoms with van der Waals surface area (Å²) in [5.41, 5.74) is 0. The first-order valence-electron chi connectivity index (χ1n) is 11.2. The number of carboxylic acid groups (broad SMARTS) is 1. The lowest BCUT2D eigenvalue weighted by Gasteiger charge is -2.42. The van der Waals surface area contributed by atoms with Crippen LogP contribution in [0.25, 0.3) is 0 Å². The van der Waals surface area contributed by atoms with Gasteiger partial charge in [-0.3, -0.25) is 9.59 Å². The van der Waals surface area contributed by atoms with Crippen LogP contribution in [-0.4, -0.2) is 35.0 Å². The minimum Gasteiger partial charge on any atom is -0.481 e. The fourth-order valence-electron chi connectivity index (χ4n) is 5.67. The van der Waals surface area contributed by atoms with Crippen LogP contribution in [0, 0.1) is 23.7 Å². The zero-order chi connectivity index (χ0) is 18.4. The van der Waals surface area contributed by atoms with Gasteiger partial charge in [0.1, 0.15) is 0 Å². The fourth-order valence-corrected chi connectivity index (χ4v) is 5.67. The van der Waals surface area contributed by atoms with E-state index in [0.717, 1.165) is 25.7 Å². The van der Waals surface area contributed by atoms with Crippen LogP contribution in [0.2, 0.25) is 0 Å². The highest BCUT2D eigenvalue weighted by Gasteiger charge is 2.40. The molecule has 3 fully saturated rings.